The van der Waals surface area contributed by atoms with E-state index in [0.29, 0.717) is 0 Å². The molecule has 0 aliphatic heterocycles. The van der Waals surface area contributed by atoms with E-state index in [9.17, 15) is 0 Å². The van der Waals surface area contributed by atoms with Gasteiger partial charge in [0.15, 0.2) is 0 Å². The second-order valence-electron chi connectivity index (χ2n) is 3.84. The zero-order valence-corrected chi connectivity index (χ0v) is 12.4. The molecule has 16 heavy (non-hydrogen) atoms. The van der Waals surface area contributed by atoms with E-state index in [0.717, 1.165) is 41.0 Å². The summed E-state index contributed by atoms with van der Waals surface area (Å²) in [5.74, 6) is 0. The van der Waals surface area contributed by atoms with Crippen molar-refractivity contribution in [1.82, 2.24) is 5.32 Å². The number of hydrogen-bond acceptors (Lipinski definition) is 1. The first-order valence-electron chi connectivity index (χ1n) is 5.38. The second kappa shape index (κ2) is 7.54. The zero-order valence-electron chi connectivity index (χ0n) is 9.27. The quantitative estimate of drug-likeness (QED) is 0.595. The molecule has 0 amide bonds. The highest BCUT2D eigenvalue weighted by Gasteiger charge is 2.00. The minimum atomic E-state index is 0.262. The summed E-state index contributed by atoms with van der Waals surface area (Å²) in [6.07, 6.45) is 2.14. The van der Waals surface area contributed by atoms with Crippen molar-refractivity contribution in [3.63, 3.8) is 0 Å². The Bertz CT molecular complexity index is 329. The van der Waals surface area contributed by atoms with Gasteiger partial charge in [0.25, 0.3) is 0 Å². The standard InChI is InChI=1S/C12H16BrCl2N/c1-9(14)3-2-6-16-8-10-4-5-11(13)7-12(10)15/h4-5,7,9,16H,2-3,6,8H2,1H3. The summed E-state index contributed by atoms with van der Waals surface area (Å²) in [6, 6.07) is 5.95. The summed E-state index contributed by atoms with van der Waals surface area (Å²) < 4.78 is 1.01. The molecule has 1 aromatic rings. The molecular weight excluding hydrogens is 309 g/mol. The van der Waals surface area contributed by atoms with E-state index in [1.807, 2.05) is 25.1 Å². The van der Waals surface area contributed by atoms with E-state index in [2.05, 4.69) is 21.2 Å². The molecule has 4 heteroatoms. The van der Waals surface area contributed by atoms with Crippen molar-refractivity contribution in [2.75, 3.05) is 6.54 Å². The Balaban J connectivity index is 2.27. The second-order valence-corrected chi connectivity index (χ2v) is 5.90. The summed E-state index contributed by atoms with van der Waals surface area (Å²) in [7, 11) is 0. The number of benzene rings is 1. The molecule has 0 aliphatic rings. The molecule has 0 radical (unpaired) electrons. The van der Waals surface area contributed by atoms with Crippen LogP contribution < -0.4 is 5.32 Å². The Morgan fingerprint density at radius 3 is 2.81 bits per heavy atom. The van der Waals surface area contributed by atoms with Gasteiger partial charge < -0.3 is 5.32 Å². The smallest absolute Gasteiger partial charge is 0.0462 e. The molecule has 1 nitrogen and oxygen atoms in total. The molecule has 1 aromatic carbocycles. The Hall–Kier alpha value is 0.240. The van der Waals surface area contributed by atoms with E-state index >= 15 is 0 Å². The van der Waals surface area contributed by atoms with Crippen molar-refractivity contribution in [1.29, 1.82) is 0 Å². The summed E-state index contributed by atoms with van der Waals surface area (Å²) in [5.41, 5.74) is 1.13. The van der Waals surface area contributed by atoms with Gasteiger partial charge in [-0.1, -0.05) is 33.6 Å². The Kier molecular flexibility index (Phi) is 6.74. The van der Waals surface area contributed by atoms with Crippen molar-refractivity contribution in [2.24, 2.45) is 0 Å². The summed E-state index contributed by atoms with van der Waals surface area (Å²) >= 11 is 15.3. The van der Waals surface area contributed by atoms with Crippen LogP contribution in [0.3, 0.4) is 0 Å². The van der Waals surface area contributed by atoms with Crippen LogP contribution >= 0.6 is 39.1 Å². The van der Waals surface area contributed by atoms with Crippen LogP contribution in [0.2, 0.25) is 5.02 Å². The van der Waals surface area contributed by atoms with Crippen LogP contribution in [0.5, 0.6) is 0 Å². The van der Waals surface area contributed by atoms with Gasteiger partial charge in [-0.3, -0.25) is 0 Å². The van der Waals surface area contributed by atoms with Gasteiger partial charge in [0.1, 0.15) is 0 Å². The van der Waals surface area contributed by atoms with Crippen molar-refractivity contribution >= 4 is 39.1 Å². The lowest BCUT2D eigenvalue weighted by Crippen LogP contribution is -2.15. The van der Waals surface area contributed by atoms with Crippen LogP contribution in [0.1, 0.15) is 25.3 Å². The van der Waals surface area contributed by atoms with Gasteiger partial charge in [-0.15, -0.1) is 11.6 Å². The SMILES string of the molecule is CC(Cl)CCCNCc1ccc(Br)cc1Cl. The first-order valence-corrected chi connectivity index (χ1v) is 6.99. The summed E-state index contributed by atoms with van der Waals surface area (Å²) in [5, 5.41) is 4.42. The normalized spacial score (nSPS) is 12.8. The maximum absolute atomic E-state index is 6.10. The number of halogens is 3. The molecule has 0 saturated heterocycles. The maximum Gasteiger partial charge on any atom is 0.0462 e. The number of nitrogens with one attached hydrogen (secondary N) is 1. The van der Waals surface area contributed by atoms with Crippen LogP contribution in [0.15, 0.2) is 22.7 Å². The molecule has 0 spiro atoms. The van der Waals surface area contributed by atoms with Crippen LogP contribution in [0.4, 0.5) is 0 Å². The number of alkyl halides is 1. The Morgan fingerprint density at radius 2 is 2.19 bits per heavy atom. The van der Waals surface area contributed by atoms with Crippen LogP contribution in [0, 0.1) is 0 Å². The topological polar surface area (TPSA) is 12.0 Å². The van der Waals surface area contributed by atoms with Crippen molar-refractivity contribution in [3.05, 3.63) is 33.3 Å². The molecule has 0 heterocycles. The maximum atomic E-state index is 6.10. The summed E-state index contributed by atoms with van der Waals surface area (Å²) in [6.45, 7) is 3.80. The van der Waals surface area contributed by atoms with E-state index in [1.165, 1.54) is 0 Å². The zero-order chi connectivity index (χ0) is 12.0. The number of hydrogen-bond donors (Lipinski definition) is 1. The molecule has 0 saturated carbocycles. The van der Waals surface area contributed by atoms with Gasteiger partial charge in [0, 0.05) is 21.4 Å². The van der Waals surface area contributed by atoms with Gasteiger partial charge in [-0.05, 0) is 44.0 Å². The van der Waals surface area contributed by atoms with E-state index in [-0.39, 0.29) is 5.38 Å². The average Bonchev–Trinajstić information content (AvgIpc) is 2.20. The molecule has 0 bridgehead atoms. The third kappa shape index (κ3) is 5.53. The molecule has 1 atom stereocenters. The average molecular weight is 325 g/mol. The lowest BCUT2D eigenvalue weighted by Gasteiger charge is -2.07. The van der Waals surface area contributed by atoms with Crippen molar-refractivity contribution < 1.29 is 0 Å². The highest BCUT2D eigenvalue weighted by atomic mass is 79.9. The predicted octanol–water partition coefficient (Wildman–Crippen LogP) is 4.60. The minimum Gasteiger partial charge on any atom is -0.313 e. The first kappa shape index (κ1) is 14.3. The largest absolute Gasteiger partial charge is 0.313 e. The highest BCUT2D eigenvalue weighted by Crippen LogP contribution is 2.21. The molecule has 0 fully saturated rings. The Morgan fingerprint density at radius 1 is 1.44 bits per heavy atom. The van der Waals surface area contributed by atoms with Crippen LogP contribution in [-0.2, 0) is 6.54 Å². The molecule has 1 rings (SSSR count). The van der Waals surface area contributed by atoms with Gasteiger partial charge in [0.2, 0.25) is 0 Å². The van der Waals surface area contributed by atoms with Gasteiger partial charge in [0.05, 0.1) is 0 Å². The van der Waals surface area contributed by atoms with Gasteiger partial charge in [-0.2, -0.15) is 0 Å². The van der Waals surface area contributed by atoms with Gasteiger partial charge >= 0.3 is 0 Å². The molecule has 90 valence electrons. The lowest BCUT2D eigenvalue weighted by atomic mass is 10.2. The first-order chi connectivity index (χ1) is 7.59. The fraction of sp³-hybridized carbons (Fsp3) is 0.500. The highest BCUT2D eigenvalue weighted by molar-refractivity contribution is 9.10. The fourth-order valence-electron chi connectivity index (χ4n) is 1.40. The minimum absolute atomic E-state index is 0.262. The molecule has 0 aliphatic carbocycles. The monoisotopic (exact) mass is 323 g/mol. The van der Waals surface area contributed by atoms with E-state index in [1.54, 1.807) is 0 Å². The number of rotatable bonds is 6. The third-order valence-corrected chi connectivity index (χ3v) is 3.35. The van der Waals surface area contributed by atoms with E-state index in [4.69, 9.17) is 23.2 Å². The third-order valence-electron chi connectivity index (χ3n) is 2.29. The predicted molar refractivity (Wildman–Crippen MR) is 75.4 cm³/mol. The van der Waals surface area contributed by atoms with Gasteiger partial charge in [-0.25, -0.2) is 0 Å². The van der Waals surface area contributed by atoms with Crippen molar-refractivity contribution in [2.45, 2.75) is 31.7 Å². The van der Waals surface area contributed by atoms with Crippen LogP contribution in [-0.4, -0.2) is 11.9 Å². The molecule has 1 unspecified atom stereocenters. The Labute approximate surface area is 116 Å². The van der Waals surface area contributed by atoms with Crippen LogP contribution in [0.25, 0.3) is 0 Å². The lowest BCUT2D eigenvalue weighted by molar-refractivity contribution is 0.619. The molecule has 1 N–H and O–H groups in total. The molecular formula is C12H16BrCl2N. The van der Waals surface area contributed by atoms with Crippen molar-refractivity contribution in [3.8, 4) is 0 Å². The fourth-order valence-corrected chi connectivity index (χ4v) is 2.29. The summed E-state index contributed by atoms with van der Waals surface area (Å²) in [4.78, 5) is 0. The molecule has 0 aromatic heterocycles. The van der Waals surface area contributed by atoms with E-state index < -0.39 is 0 Å².